The lowest BCUT2D eigenvalue weighted by Crippen LogP contribution is -2.31. The van der Waals surface area contributed by atoms with Crippen LogP contribution < -0.4 is 4.74 Å². The molecule has 0 N–H and O–H groups in total. The van der Waals surface area contributed by atoms with Gasteiger partial charge in [0.25, 0.3) is 0 Å². The van der Waals surface area contributed by atoms with Crippen LogP contribution in [0.5, 0.6) is 5.75 Å². The van der Waals surface area contributed by atoms with Gasteiger partial charge in [-0.1, -0.05) is 94.3 Å². The largest absolute Gasteiger partial charge is 0.490 e. The van der Waals surface area contributed by atoms with Gasteiger partial charge in [-0.3, -0.25) is 0 Å². The molecule has 1 nitrogen and oxygen atoms in total. The Morgan fingerprint density at radius 2 is 1.68 bits per heavy atom. The van der Waals surface area contributed by atoms with E-state index in [-0.39, 0.29) is 5.82 Å². The van der Waals surface area contributed by atoms with Crippen LogP contribution in [0.15, 0.2) is 48.5 Å². The van der Waals surface area contributed by atoms with E-state index in [1.54, 1.807) is 6.07 Å². The second-order valence-electron chi connectivity index (χ2n) is 9.90. The van der Waals surface area contributed by atoms with Gasteiger partial charge in [0.2, 0.25) is 0 Å². The molecule has 0 amide bonds. The fourth-order valence-electron chi connectivity index (χ4n) is 5.43. The number of hydrogen-bond donors (Lipinski definition) is 0. The summed E-state index contributed by atoms with van der Waals surface area (Å²) in [6.45, 7) is 5.07. The molecule has 0 radical (unpaired) electrons. The molecule has 0 aromatic heterocycles. The fourth-order valence-corrected chi connectivity index (χ4v) is 5.43. The van der Waals surface area contributed by atoms with Gasteiger partial charge in [0, 0.05) is 0 Å². The van der Waals surface area contributed by atoms with Crippen LogP contribution in [-0.2, 0) is 6.42 Å². The Labute approximate surface area is 189 Å². The summed E-state index contributed by atoms with van der Waals surface area (Å²) in [6, 6.07) is 16.2. The summed E-state index contributed by atoms with van der Waals surface area (Å²) in [5, 5.41) is 0. The van der Waals surface area contributed by atoms with E-state index in [1.165, 1.54) is 75.8 Å². The summed E-state index contributed by atoms with van der Waals surface area (Å²) in [5.74, 6) is 1.00. The highest BCUT2D eigenvalue weighted by Crippen LogP contribution is 2.44. The average molecular weight is 425 g/mol. The quantitative estimate of drug-likeness (QED) is 0.347. The van der Waals surface area contributed by atoms with Gasteiger partial charge >= 0.3 is 0 Å². The first-order chi connectivity index (χ1) is 15.1. The van der Waals surface area contributed by atoms with Crippen molar-refractivity contribution in [1.82, 2.24) is 0 Å². The zero-order chi connectivity index (χ0) is 21.9. The molecule has 0 heterocycles. The molecule has 2 unspecified atom stereocenters. The number of hydrogen-bond acceptors (Lipinski definition) is 1. The third-order valence-corrected chi connectivity index (χ3v) is 7.34. The Hall–Kier alpha value is -1.83. The van der Waals surface area contributed by atoms with E-state index in [4.69, 9.17) is 4.74 Å². The Kier molecular flexibility index (Phi) is 9.43. The number of benzene rings is 2. The molecule has 2 aromatic rings. The summed E-state index contributed by atoms with van der Waals surface area (Å²) in [5.41, 5.74) is 2.80. The molecule has 31 heavy (non-hydrogen) atoms. The Morgan fingerprint density at radius 1 is 0.903 bits per heavy atom. The van der Waals surface area contributed by atoms with E-state index >= 15 is 0 Å². The minimum Gasteiger partial charge on any atom is -0.490 e. The Morgan fingerprint density at radius 3 is 2.48 bits per heavy atom. The van der Waals surface area contributed by atoms with E-state index in [1.807, 2.05) is 13.0 Å². The van der Waals surface area contributed by atoms with Gasteiger partial charge in [0.05, 0.1) is 6.61 Å². The summed E-state index contributed by atoms with van der Waals surface area (Å²) in [4.78, 5) is 0. The van der Waals surface area contributed by atoms with Crippen molar-refractivity contribution in [1.29, 1.82) is 0 Å². The van der Waals surface area contributed by atoms with Crippen LogP contribution in [0.2, 0.25) is 0 Å². The minimum atomic E-state index is -0.248. The van der Waals surface area contributed by atoms with Crippen LogP contribution in [0.25, 0.3) is 0 Å². The standard InChI is InChI=1S/C29H41FO/c1-24-15-14-20-27(30)28(24)31-22-13-6-4-11-19-26-18-10-3-5-12-21-29(26,2)23-25-16-8-7-9-17-25/h7-9,14-17,20,26H,3-6,10-13,18-19,21-23H2,1-2H3. The molecule has 2 aromatic carbocycles. The first kappa shape index (κ1) is 23.8. The molecule has 0 bridgehead atoms. The third kappa shape index (κ3) is 7.37. The molecular formula is C29H41FO. The van der Waals surface area contributed by atoms with E-state index in [0.717, 1.165) is 24.3 Å². The topological polar surface area (TPSA) is 9.23 Å². The molecule has 0 aliphatic heterocycles. The van der Waals surface area contributed by atoms with Crippen LogP contribution in [0.3, 0.4) is 0 Å². The predicted molar refractivity (Wildman–Crippen MR) is 129 cm³/mol. The van der Waals surface area contributed by atoms with Crippen LogP contribution >= 0.6 is 0 Å². The molecule has 1 saturated carbocycles. The number of unbranched alkanes of at least 4 members (excludes halogenated alkanes) is 3. The zero-order valence-corrected chi connectivity index (χ0v) is 19.7. The molecule has 1 fully saturated rings. The van der Waals surface area contributed by atoms with Crippen molar-refractivity contribution in [2.75, 3.05) is 6.61 Å². The molecule has 1 aliphatic carbocycles. The Bertz CT molecular complexity index is 751. The van der Waals surface area contributed by atoms with E-state index in [0.29, 0.717) is 17.8 Å². The lowest BCUT2D eigenvalue weighted by molar-refractivity contribution is 0.125. The number of para-hydroxylation sites is 1. The van der Waals surface area contributed by atoms with Crippen molar-refractivity contribution in [3.8, 4) is 5.75 Å². The molecule has 3 rings (SSSR count). The maximum absolute atomic E-state index is 13.9. The van der Waals surface area contributed by atoms with Gasteiger partial charge in [0.15, 0.2) is 11.6 Å². The predicted octanol–water partition coefficient (Wildman–Crippen LogP) is 8.68. The van der Waals surface area contributed by atoms with Crippen molar-refractivity contribution < 1.29 is 9.13 Å². The monoisotopic (exact) mass is 424 g/mol. The minimum absolute atomic E-state index is 0.248. The maximum Gasteiger partial charge on any atom is 0.165 e. The lowest BCUT2D eigenvalue weighted by Gasteiger charge is -2.40. The van der Waals surface area contributed by atoms with Crippen LogP contribution in [0.4, 0.5) is 4.39 Å². The Balaban J connectivity index is 1.43. The average Bonchev–Trinajstić information content (AvgIpc) is 2.75. The molecule has 2 atom stereocenters. The molecule has 170 valence electrons. The van der Waals surface area contributed by atoms with E-state index < -0.39 is 0 Å². The maximum atomic E-state index is 13.9. The second kappa shape index (κ2) is 12.3. The summed E-state index contributed by atoms with van der Waals surface area (Å²) >= 11 is 0. The van der Waals surface area contributed by atoms with Crippen molar-refractivity contribution in [2.45, 2.75) is 90.9 Å². The summed E-state index contributed by atoms with van der Waals surface area (Å²) < 4.78 is 19.6. The van der Waals surface area contributed by atoms with Crippen LogP contribution in [0, 0.1) is 24.1 Å². The van der Waals surface area contributed by atoms with Crippen LogP contribution in [-0.4, -0.2) is 6.61 Å². The van der Waals surface area contributed by atoms with E-state index in [9.17, 15) is 4.39 Å². The molecule has 2 heteroatoms. The first-order valence-electron chi connectivity index (χ1n) is 12.5. The first-order valence-corrected chi connectivity index (χ1v) is 12.5. The highest BCUT2D eigenvalue weighted by atomic mass is 19.1. The van der Waals surface area contributed by atoms with Crippen molar-refractivity contribution in [3.63, 3.8) is 0 Å². The zero-order valence-electron chi connectivity index (χ0n) is 19.7. The van der Waals surface area contributed by atoms with Gasteiger partial charge in [-0.2, -0.15) is 0 Å². The van der Waals surface area contributed by atoms with Crippen molar-refractivity contribution >= 4 is 0 Å². The highest BCUT2D eigenvalue weighted by Gasteiger charge is 2.34. The van der Waals surface area contributed by atoms with Gasteiger partial charge < -0.3 is 4.74 Å². The molecular weight excluding hydrogens is 383 g/mol. The van der Waals surface area contributed by atoms with Crippen molar-refractivity contribution in [3.05, 3.63) is 65.5 Å². The molecule has 1 aliphatic rings. The number of aryl methyl sites for hydroxylation is 1. The van der Waals surface area contributed by atoms with Crippen LogP contribution in [0.1, 0.15) is 88.7 Å². The lowest BCUT2D eigenvalue weighted by atomic mass is 9.65. The number of halogens is 1. The summed E-state index contributed by atoms with van der Waals surface area (Å²) in [6.07, 6.45) is 15.6. The van der Waals surface area contributed by atoms with Gasteiger partial charge in [-0.05, 0) is 67.6 Å². The highest BCUT2D eigenvalue weighted by molar-refractivity contribution is 5.33. The normalized spacial score (nSPS) is 22.0. The SMILES string of the molecule is Cc1cccc(F)c1OCCCCCCC1CCCCCCC1(C)Cc1ccccc1. The smallest absolute Gasteiger partial charge is 0.165 e. The molecule has 0 saturated heterocycles. The fraction of sp³-hybridized carbons (Fsp3) is 0.586. The van der Waals surface area contributed by atoms with Gasteiger partial charge in [0.1, 0.15) is 0 Å². The van der Waals surface area contributed by atoms with Gasteiger partial charge in [-0.15, -0.1) is 0 Å². The number of rotatable bonds is 10. The van der Waals surface area contributed by atoms with Gasteiger partial charge in [-0.25, -0.2) is 4.39 Å². The molecule has 0 spiro atoms. The van der Waals surface area contributed by atoms with Crippen molar-refractivity contribution in [2.24, 2.45) is 11.3 Å². The summed E-state index contributed by atoms with van der Waals surface area (Å²) in [7, 11) is 0. The van der Waals surface area contributed by atoms with E-state index in [2.05, 4.69) is 37.3 Å². The number of ether oxygens (including phenoxy) is 1. The second-order valence-corrected chi connectivity index (χ2v) is 9.90. The third-order valence-electron chi connectivity index (χ3n) is 7.34.